The molecule has 0 bridgehead atoms. The molecule has 0 radical (unpaired) electrons. The quantitative estimate of drug-likeness (QED) is 0.864. The molecule has 2 atom stereocenters. The summed E-state index contributed by atoms with van der Waals surface area (Å²) in [6, 6.07) is 7.28. The number of methoxy groups -OCH3 is 1. The molecule has 3 amide bonds. The number of ether oxygens (including phenoxy) is 1. The van der Waals surface area contributed by atoms with Gasteiger partial charge in [-0.2, -0.15) is 0 Å². The molecular weight excluding hydrogens is 282 g/mol. The minimum Gasteiger partial charge on any atom is -0.383 e. The van der Waals surface area contributed by atoms with Gasteiger partial charge in [-0.15, -0.1) is 0 Å². The smallest absolute Gasteiger partial charge is 0.315 e. The van der Waals surface area contributed by atoms with Crippen LogP contribution in [-0.4, -0.2) is 44.3 Å². The fourth-order valence-corrected chi connectivity index (χ4v) is 2.52. The van der Waals surface area contributed by atoms with Crippen molar-refractivity contribution in [2.45, 2.75) is 32.4 Å². The van der Waals surface area contributed by atoms with Crippen LogP contribution in [0.15, 0.2) is 24.3 Å². The highest BCUT2D eigenvalue weighted by Gasteiger charge is 2.31. The Balaban J connectivity index is 1.89. The van der Waals surface area contributed by atoms with Crippen LogP contribution in [0.5, 0.6) is 0 Å². The first kappa shape index (κ1) is 16.3. The number of carbonyl (C=O) groups excluding carboxylic acids is 2. The third-order valence-electron chi connectivity index (χ3n) is 3.60. The van der Waals surface area contributed by atoms with Crippen LogP contribution >= 0.6 is 0 Å². The molecule has 120 valence electrons. The van der Waals surface area contributed by atoms with Gasteiger partial charge in [-0.3, -0.25) is 4.79 Å². The number of nitrogens with one attached hydrogen (secondary N) is 2. The summed E-state index contributed by atoms with van der Waals surface area (Å²) in [7, 11) is 1.59. The molecule has 1 aliphatic rings. The number of hydrogen-bond donors (Lipinski definition) is 2. The molecule has 2 rings (SSSR count). The van der Waals surface area contributed by atoms with E-state index < -0.39 is 0 Å². The summed E-state index contributed by atoms with van der Waals surface area (Å²) in [6.07, 6.45) is 0.319. The molecule has 1 aromatic carbocycles. The van der Waals surface area contributed by atoms with Gasteiger partial charge in [0.05, 0.1) is 18.7 Å². The maximum absolute atomic E-state index is 12.1. The van der Waals surface area contributed by atoms with Gasteiger partial charge in [0.2, 0.25) is 5.91 Å². The van der Waals surface area contributed by atoms with Crippen molar-refractivity contribution in [2.75, 3.05) is 25.2 Å². The normalized spacial score (nSPS) is 19.1. The first-order valence-corrected chi connectivity index (χ1v) is 7.42. The van der Waals surface area contributed by atoms with E-state index in [2.05, 4.69) is 10.6 Å². The van der Waals surface area contributed by atoms with Crippen molar-refractivity contribution in [3.63, 3.8) is 0 Å². The van der Waals surface area contributed by atoms with Gasteiger partial charge in [0.25, 0.3) is 0 Å². The SMILES string of the molecule is COC[C@@H](C)NC(=O)N[C@@H]1CC(=O)N(c2ccc(C)cc2)C1. The van der Waals surface area contributed by atoms with Crippen molar-refractivity contribution in [1.82, 2.24) is 10.6 Å². The third kappa shape index (κ3) is 4.21. The summed E-state index contributed by atoms with van der Waals surface area (Å²) < 4.78 is 4.97. The lowest BCUT2D eigenvalue weighted by molar-refractivity contribution is -0.117. The van der Waals surface area contributed by atoms with E-state index in [1.165, 1.54) is 0 Å². The molecule has 0 spiro atoms. The predicted octanol–water partition coefficient (Wildman–Crippen LogP) is 1.43. The third-order valence-corrected chi connectivity index (χ3v) is 3.60. The number of aryl methyl sites for hydroxylation is 1. The maximum atomic E-state index is 12.1. The Hall–Kier alpha value is -2.08. The van der Waals surface area contributed by atoms with Crippen molar-refractivity contribution in [3.8, 4) is 0 Å². The van der Waals surface area contributed by atoms with E-state index in [4.69, 9.17) is 4.74 Å². The molecule has 0 aromatic heterocycles. The van der Waals surface area contributed by atoms with E-state index in [0.717, 1.165) is 11.3 Å². The van der Waals surface area contributed by atoms with E-state index >= 15 is 0 Å². The minimum absolute atomic E-state index is 0.0269. The molecule has 0 aliphatic carbocycles. The summed E-state index contributed by atoms with van der Waals surface area (Å²) in [5, 5.41) is 5.62. The van der Waals surface area contributed by atoms with Crippen LogP contribution in [0.3, 0.4) is 0 Å². The van der Waals surface area contributed by atoms with Crippen LogP contribution in [0.25, 0.3) is 0 Å². The standard InChI is InChI=1S/C16H23N3O3/c1-11-4-6-14(7-5-11)19-9-13(8-15(19)20)18-16(21)17-12(2)10-22-3/h4-7,12-13H,8-10H2,1-3H3,(H2,17,18,21)/t12-,13-/m1/s1. The zero-order valence-electron chi connectivity index (χ0n) is 13.3. The highest BCUT2D eigenvalue weighted by Crippen LogP contribution is 2.21. The van der Waals surface area contributed by atoms with E-state index in [0.29, 0.717) is 19.6 Å². The van der Waals surface area contributed by atoms with E-state index in [1.807, 2.05) is 38.1 Å². The summed E-state index contributed by atoms with van der Waals surface area (Å²) in [4.78, 5) is 25.7. The largest absolute Gasteiger partial charge is 0.383 e. The molecular formula is C16H23N3O3. The van der Waals surface area contributed by atoms with E-state index in [-0.39, 0.29) is 24.0 Å². The van der Waals surface area contributed by atoms with Crippen molar-refractivity contribution < 1.29 is 14.3 Å². The molecule has 2 N–H and O–H groups in total. The van der Waals surface area contributed by atoms with Crippen molar-refractivity contribution >= 4 is 17.6 Å². The zero-order valence-corrected chi connectivity index (χ0v) is 13.3. The lowest BCUT2D eigenvalue weighted by atomic mass is 10.2. The Morgan fingerprint density at radius 1 is 1.41 bits per heavy atom. The van der Waals surface area contributed by atoms with Gasteiger partial charge >= 0.3 is 6.03 Å². The fraction of sp³-hybridized carbons (Fsp3) is 0.500. The van der Waals surface area contributed by atoms with Crippen molar-refractivity contribution in [1.29, 1.82) is 0 Å². The summed E-state index contributed by atoms with van der Waals surface area (Å²) >= 11 is 0. The average molecular weight is 305 g/mol. The number of urea groups is 1. The number of hydrogen-bond acceptors (Lipinski definition) is 3. The second kappa shape index (κ2) is 7.26. The predicted molar refractivity (Wildman–Crippen MR) is 84.9 cm³/mol. The Morgan fingerprint density at radius 2 is 2.09 bits per heavy atom. The zero-order chi connectivity index (χ0) is 16.1. The maximum Gasteiger partial charge on any atom is 0.315 e. The van der Waals surface area contributed by atoms with E-state index in [9.17, 15) is 9.59 Å². The summed E-state index contributed by atoms with van der Waals surface area (Å²) in [6.45, 7) is 4.81. The van der Waals surface area contributed by atoms with Crippen LogP contribution in [0.1, 0.15) is 18.9 Å². The monoisotopic (exact) mass is 305 g/mol. The highest BCUT2D eigenvalue weighted by atomic mass is 16.5. The average Bonchev–Trinajstić information content (AvgIpc) is 2.80. The number of benzene rings is 1. The molecule has 1 aliphatic heterocycles. The van der Waals surface area contributed by atoms with Crippen molar-refractivity contribution in [2.24, 2.45) is 0 Å². The lowest BCUT2D eigenvalue weighted by Crippen LogP contribution is -2.47. The number of amides is 3. The van der Waals surface area contributed by atoms with Gasteiger partial charge in [-0.25, -0.2) is 4.79 Å². The number of carbonyl (C=O) groups is 2. The Kier molecular flexibility index (Phi) is 5.38. The molecule has 0 unspecified atom stereocenters. The second-order valence-electron chi connectivity index (χ2n) is 5.72. The fourth-order valence-electron chi connectivity index (χ4n) is 2.52. The van der Waals surface area contributed by atoms with Gasteiger partial charge in [0.15, 0.2) is 0 Å². The van der Waals surface area contributed by atoms with Gasteiger partial charge < -0.3 is 20.3 Å². The molecule has 1 saturated heterocycles. The van der Waals surface area contributed by atoms with Crippen LogP contribution in [0.4, 0.5) is 10.5 Å². The number of nitrogens with zero attached hydrogens (tertiary/aromatic N) is 1. The van der Waals surface area contributed by atoms with Crippen LogP contribution in [-0.2, 0) is 9.53 Å². The van der Waals surface area contributed by atoms with Crippen LogP contribution in [0, 0.1) is 6.92 Å². The Labute approximate surface area is 130 Å². The summed E-state index contributed by atoms with van der Waals surface area (Å²) in [5.41, 5.74) is 2.02. The molecule has 22 heavy (non-hydrogen) atoms. The first-order chi connectivity index (χ1) is 10.5. The topological polar surface area (TPSA) is 70.7 Å². The Bertz CT molecular complexity index is 530. The second-order valence-corrected chi connectivity index (χ2v) is 5.72. The van der Waals surface area contributed by atoms with Gasteiger partial charge in [-0.05, 0) is 26.0 Å². The van der Waals surface area contributed by atoms with E-state index in [1.54, 1.807) is 12.0 Å². The molecule has 6 heteroatoms. The van der Waals surface area contributed by atoms with Gasteiger partial charge in [0.1, 0.15) is 0 Å². The molecule has 6 nitrogen and oxygen atoms in total. The van der Waals surface area contributed by atoms with Gasteiger partial charge in [-0.1, -0.05) is 17.7 Å². The van der Waals surface area contributed by atoms with Crippen LogP contribution in [0.2, 0.25) is 0 Å². The molecule has 0 saturated carbocycles. The van der Waals surface area contributed by atoms with Gasteiger partial charge in [0, 0.05) is 25.8 Å². The van der Waals surface area contributed by atoms with Crippen molar-refractivity contribution in [3.05, 3.63) is 29.8 Å². The first-order valence-electron chi connectivity index (χ1n) is 7.42. The Morgan fingerprint density at radius 3 is 2.73 bits per heavy atom. The lowest BCUT2D eigenvalue weighted by Gasteiger charge is -2.19. The summed E-state index contributed by atoms with van der Waals surface area (Å²) in [5.74, 6) is 0.0269. The molecule has 1 aromatic rings. The van der Waals surface area contributed by atoms with Crippen LogP contribution < -0.4 is 15.5 Å². The number of rotatable bonds is 5. The number of anilines is 1. The molecule has 1 fully saturated rings. The minimum atomic E-state index is -0.270. The molecule has 1 heterocycles. The highest BCUT2D eigenvalue weighted by molar-refractivity contribution is 5.96.